The third-order valence-electron chi connectivity index (χ3n) is 3.36. The predicted molar refractivity (Wildman–Crippen MR) is 91.3 cm³/mol. The Morgan fingerprint density at radius 1 is 1.19 bits per heavy atom. The summed E-state index contributed by atoms with van der Waals surface area (Å²) in [6.07, 6.45) is 2.55. The second-order valence-electron chi connectivity index (χ2n) is 5.26. The van der Waals surface area contributed by atoms with Crippen LogP contribution in [0.2, 0.25) is 0 Å². The quantitative estimate of drug-likeness (QED) is 0.455. The van der Waals surface area contributed by atoms with Crippen LogP contribution in [0.25, 0.3) is 6.08 Å². The maximum Gasteiger partial charge on any atom is 0.407 e. The number of nitrogens with one attached hydrogen (secondary N) is 1. The van der Waals surface area contributed by atoms with Crippen LogP contribution in [-0.4, -0.2) is 17.6 Å². The van der Waals surface area contributed by atoms with Crippen molar-refractivity contribution < 1.29 is 23.2 Å². The van der Waals surface area contributed by atoms with E-state index in [1.54, 1.807) is 0 Å². The maximum atomic E-state index is 13.2. The molecule has 0 aromatic heterocycles. The highest BCUT2D eigenvalue weighted by Gasteiger charge is 2.16. The van der Waals surface area contributed by atoms with Crippen LogP contribution in [0.15, 0.2) is 48.5 Å². The first-order chi connectivity index (χ1) is 12.5. The Labute approximate surface area is 148 Å². The molecule has 0 spiro atoms. The van der Waals surface area contributed by atoms with E-state index >= 15 is 0 Å². The number of hydrogen-bond acceptors (Lipinski definition) is 4. The maximum absolute atomic E-state index is 13.2. The lowest BCUT2D eigenvalue weighted by atomic mass is 10.1. The highest BCUT2D eigenvalue weighted by molar-refractivity contribution is 5.67. The molecule has 2 aromatic rings. The van der Waals surface area contributed by atoms with Gasteiger partial charge in [-0.05, 0) is 18.1 Å². The molecule has 0 heterocycles. The molecule has 0 aliphatic heterocycles. The van der Waals surface area contributed by atoms with Gasteiger partial charge in [-0.25, -0.2) is 13.6 Å². The first kappa shape index (κ1) is 19.0. The minimum absolute atomic E-state index is 0.0550. The van der Waals surface area contributed by atoms with Crippen molar-refractivity contribution in [2.75, 3.05) is 6.54 Å². The first-order valence-corrected chi connectivity index (χ1v) is 7.72. The summed E-state index contributed by atoms with van der Waals surface area (Å²) in [5, 5.41) is 13.4. The fraction of sp³-hybridized carbons (Fsp3) is 0.167. The average Bonchev–Trinajstić information content (AvgIpc) is 2.63. The molecule has 0 fully saturated rings. The third-order valence-corrected chi connectivity index (χ3v) is 3.36. The number of hydrogen-bond donors (Lipinski definition) is 1. The number of carbonyl (C=O) groups excluding carboxylic acids is 1. The molecule has 136 valence electrons. The van der Waals surface area contributed by atoms with Gasteiger partial charge in [-0.2, -0.15) is 0 Å². The standard InChI is InChI=1S/C18H16F2N2O4/c19-15-10-14(17(22(24)25)11-16(15)20)8-4-5-9-21-18(23)26-12-13-6-2-1-3-7-13/h1-4,6-8,10-11H,5,9,12H2,(H,21,23). The Morgan fingerprint density at radius 2 is 1.88 bits per heavy atom. The molecule has 8 heteroatoms. The van der Waals surface area contributed by atoms with Crippen molar-refractivity contribution in [1.29, 1.82) is 0 Å². The molecule has 26 heavy (non-hydrogen) atoms. The highest BCUT2D eigenvalue weighted by Crippen LogP contribution is 2.23. The van der Waals surface area contributed by atoms with Crippen LogP contribution in [0.5, 0.6) is 0 Å². The number of halogens is 2. The lowest BCUT2D eigenvalue weighted by Gasteiger charge is -2.06. The fourth-order valence-electron chi connectivity index (χ4n) is 2.09. The van der Waals surface area contributed by atoms with Gasteiger partial charge >= 0.3 is 6.09 Å². The number of amides is 1. The van der Waals surface area contributed by atoms with Gasteiger partial charge in [0.1, 0.15) is 6.61 Å². The van der Waals surface area contributed by atoms with Crippen LogP contribution in [0.4, 0.5) is 19.3 Å². The molecule has 1 N–H and O–H groups in total. The summed E-state index contributed by atoms with van der Waals surface area (Å²) < 4.78 is 31.3. The van der Waals surface area contributed by atoms with Crippen molar-refractivity contribution in [3.05, 3.63) is 81.4 Å². The van der Waals surface area contributed by atoms with Gasteiger partial charge in [-0.15, -0.1) is 0 Å². The van der Waals surface area contributed by atoms with E-state index in [4.69, 9.17) is 4.74 Å². The second kappa shape index (κ2) is 9.26. The van der Waals surface area contributed by atoms with Gasteiger partial charge in [0.25, 0.3) is 5.69 Å². The third kappa shape index (κ3) is 5.66. The van der Waals surface area contributed by atoms with Gasteiger partial charge in [-0.1, -0.05) is 42.5 Å². The Balaban J connectivity index is 1.80. The van der Waals surface area contributed by atoms with Crippen molar-refractivity contribution in [2.45, 2.75) is 13.0 Å². The van der Waals surface area contributed by atoms with Gasteiger partial charge in [0.2, 0.25) is 0 Å². The molecule has 2 rings (SSSR count). The van der Waals surface area contributed by atoms with Gasteiger partial charge < -0.3 is 10.1 Å². The zero-order valence-corrected chi connectivity index (χ0v) is 13.7. The SMILES string of the molecule is O=C(NCCC=Cc1cc(F)c(F)cc1[N+](=O)[O-])OCc1ccccc1. The number of carbonyl (C=O) groups is 1. The van der Waals surface area contributed by atoms with E-state index in [0.717, 1.165) is 11.6 Å². The molecular weight excluding hydrogens is 346 g/mol. The Kier molecular flexibility index (Phi) is 6.78. The number of alkyl carbamates (subject to hydrolysis) is 1. The summed E-state index contributed by atoms with van der Waals surface area (Å²) >= 11 is 0. The number of ether oxygens (including phenoxy) is 1. The molecule has 0 aliphatic carbocycles. The van der Waals surface area contributed by atoms with Crippen LogP contribution in [-0.2, 0) is 11.3 Å². The Morgan fingerprint density at radius 3 is 2.58 bits per heavy atom. The van der Waals surface area contributed by atoms with E-state index in [9.17, 15) is 23.7 Å². The molecule has 0 saturated carbocycles. The summed E-state index contributed by atoms with van der Waals surface area (Å²) in [6, 6.07) is 10.5. The van der Waals surface area contributed by atoms with Crippen LogP contribution in [0.3, 0.4) is 0 Å². The Bertz CT molecular complexity index is 810. The molecule has 0 aliphatic rings. The van der Waals surface area contributed by atoms with Crippen molar-refractivity contribution >= 4 is 17.9 Å². The van der Waals surface area contributed by atoms with Gasteiger partial charge in [0, 0.05) is 6.54 Å². The van der Waals surface area contributed by atoms with Crippen LogP contribution >= 0.6 is 0 Å². The number of nitro benzene ring substituents is 1. The summed E-state index contributed by atoms with van der Waals surface area (Å²) in [4.78, 5) is 21.6. The first-order valence-electron chi connectivity index (χ1n) is 7.72. The lowest BCUT2D eigenvalue weighted by molar-refractivity contribution is -0.385. The molecule has 6 nitrogen and oxygen atoms in total. The fourth-order valence-corrected chi connectivity index (χ4v) is 2.09. The average molecular weight is 362 g/mol. The lowest BCUT2D eigenvalue weighted by Crippen LogP contribution is -2.24. The summed E-state index contributed by atoms with van der Waals surface area (Å²) in [5.41, 5.74) is 0.268. The molecule has 0 bridgehead atoms. The molecule has 1 amide bonds. The number of nitrogens with zero attached hydrogens (tertiary/aromatic N) is 1. The molecule has 0 atom stereocenters. The van der Waals surface area contributed by atoms with Crippen molar-refractivity contribution in [1.82, 2.24) is 5.32 Å². The van der Waals surface area contributed by atoms with E-state index in [-0.39, 0.29) is 18.7 Å². The molecule has 0 radical (unpaired) electrons. The minimum atomic E-state index is -1.28. The van der Waals surface area contributed by atoms with Crippen LogP contribution in [0, 0.1) is 21.7 Å². The topological polar surface area (TPSA) is 81.5 Å². The zero-order valence-electron chi connectivity index (χ0n) is 13.7. The smallest absolute Gasteiger partial charge is 0.407 e. The van der Waals surface area contributed by atoms with E-state index in [2.05, 4.69) is 5.32 Å². The summed E-state index contributed by atoms with van der Waals surface area (Å²) in [6.45, 7) is 0.366. The number of rotatable bonds is 7. The van der Waals surface area contributed by atoms with E-state index in [1.165, 1.54) is 12.2 Å². The van der Waals surface area contributed by atoms with Crippen molar-refractivity contribution in [2.24, 2.45) is 0 Å². The van der Waals surface area contributed by atoms with E-state index < -0.39 is 28.3 Å². The van der Waals surface area contributed by atoms with Crippen LogP contribution < -0.4 is 5.32 Å². The summed E-state index contributed by atoms with van der Waals surface area (Å²) in [7, 11) is 0. The number of nitro groups is 1. The van der Waals surface area contributed by atoms with Gasteiger partial charge in [0.05, 0.1) is 16.6 Å². The minimum Gasteiger partial charge on any atom is -0.445 e. The van der Waals surface area contributed by atoms with Crippen LogP contribution in [0.1, 0.15) is 17.5 Å². The van der Waals surface area contributed by atoms with Crippen molar-refractivity contribution in [3.8, 4) is 0 Å². The molecular formula is C18H16F2N2O4. The number of benzene rings is 2. The highest BCUT2D eigenvalue weighted by atomic mass is 19.2. The predicted octanol–water partition coefficient (Wildman–Crippen LogP) is 4.20. The van der Waals surface area contributed by atoms with E-state index in [0.29, 0.717) is 12.5 Å². The Hall–Kier alpha value is -3.29. The van der Waals surface area contributed by atoms with Crippen molar-refractivity contribution in [3.63, 3.8) is 0 Å². The largest absolute Gasteiger partial charge is 0.445 e. The van der Waals surface area contributed by atoms with Gasteiger partial charge in [0.15, 0.2) is 11.6 Å². The van der Waals surface area contributed by atoms with E-state index in [1.807, 2.05) is 30.3 Å². The normalized spacial score (nSPS) is 10.7. The summed E-state index contributed by atoms with van der Waals surface area (Å²) in [5.74, 6) is -2.45. The second-order valence-corrected chi connectivity index (χ2v) is 5.26. The zero-order chi connectivity index (χ0) is 18.9. The molecule has 0 unspecified atom stereocenters. The molecule has 0 saturated heterocycles. The molecule has 2 aromatic carbocycles. The van der Waals surface area contributed by atoms with Gasteiger partial charge in [-0.3, -0.25) is 10.1 Å². The monoisotopic (exact) mass is 362 g/mol.